The summed E-state index contributed by atoms with van der Waals surface area (Å²) in [6.45, 7) is 3.68. The van der Waals surface area contributed by atoms with Gasteiger partial charge in [0.05, 0.1) is 12.2 Å². The second-order valence-corrected chi connectivity index (χ2v) is 8.77. The zero-order chi connectivity index (χ0) is 26.1. The van der Waals surface area contributed by atoms with Crippen molar-refractivity contribution in [2.75, 3.05) is 6.61 Å². The van der Waals surface area contributed by atoms with Gasteiger partial charge in [-0.3, -0.25) is 19.5 Å². The van der Waals surface area contributed by atoms with E-state index in [0.29, 0.717) is 24.8 Å². The number of hydrogen-bond acceptors (Lipinski definition) is 6. The molecule has 36 heavy (non-hydrogen) atoms. The summed E-state index contributed by atoms with van der Waals surface area (Å²) >= 11 is 0. The third-order valence-electron chi connectivity index (χ3n) is 5.74. The van der Waals surface area contributed by atoms with Crippen LogP contribution in [-0.4, -0.2) is 49.7 Å². The summed E-state index contributed by atoms with van der Waals surface area (Å²) < 4.78 is 5.80. The Labute approximate surface area is 210 Å². The molecule has 0 aliphatic heterocycles. The van der Waals surface area contributed by atoms with Gasteiger partial charge in [0.1, 0.15) is 5.75 Å². The minimum absolute atomic E-state index is 0.0459. The number of carboxylic acid groups (broad SMARTS) is 1. The summed E-state index contributed by atoms with van der Waals surface area (Å²) in [5, 5.41) is 31.3. The number of amides is 1. The molecule has 8 nitrogen and oxygen atoms in total. The highest BCUT2D eigenvalue weighted by molar-refractivity contribution is 5.95. The van der Waals surface area contributed by atoms with Gasteiger partial charge in [-0.05, 0) is 74.6 Å². The summed E-state index contributed by atoms with van der Waals surface area (Å²) in [5.41, 5.74) is 2.15. The number of carbonyl (C=O) groups is 2. The number of aliphatic carboxylic acids is 1. The van der Waals surface area contributed by atoms with Crippen LogP contribution >= 0.6 is 0 Å². The first kappa shape index (κ1) is 26.8. The van der Waals surface area contributed by atoms with Crippen molar-refractivity contribution in [2.45, 2.75) is 51.5 Å². The zero-order valence-corrected chi connectivity index (χ0v) is 20.5. The first-order chi connectivity index (χ1) is 17.2. The van der Waals surface area contributed by atoms with Crippen LogP contribution in [0.2, 0.25) is 0 Å². The molecule has 3 N–H and O–H groups in total. The fraction of sp³-hybridized carbons (Fsp3) is 0.321. The van der Waals surface area contributed by atoms with E-state index in [-0.39, 0.29) is 24.3 Å². The number of para-hydroxylation sites is 1. The number of nitrogens with zero attached hydrogens (tertiary/aromatic N) is 2. The highest BCUT2D eigenvalue weighted by atomic mass is 16.5. The van der Waals surface area contributed by atoms with Crippen LogP contribution in [0.1, 0.15) is 55.5 Å². The largest absolute Gasteiger partial charge is 0.493 e. The Morgan fingerprint density at radius 3 is 2.31 bits per heavy atom. The summed E-state index contributed by atoms with van der Waals surface area (Å²) in [4.78, 5) is 29.2. The van der Waals surface area contributed by atoms with Crippen molar-refractivity contribution in [1.82, 2.24) is 9.88 Å². The number of unbranched alkanes of at least 4 members (excludes halogenated alkanes) is 2. The Balaban J connectivity index is 1.78. The average molecular weight is 493 g/mol. The maximum atomic E-state index is 13.5. The number of carboxylic acids is 1. The van der Waals surface area contributed by atoms with Gasteiger partial charge < -0.3 is 20.1 Å². The Morgan fingerprint density at radius 1 is 0.944 bits per heavy atom. The van der Waals surface area contributed by atoms with Gasteiger partial charge in [-0.2, -0.15) is 0 Å². The van der Waals surface area contributed by atoms with Crippen molar-refractivity contribution in [3.63, 3.8) is 0 Å². The number of benzene rings is 2. The molecule has 0 spiro atoms. The van der Waals surface area contributed by atoms with E-state index in [0.717, 1.165) is 16.0 Å². The van der Waals surface area contributed by atoms with E-state index in [1.165, 1.54) is 6.07 Å². The van der Waals surface area contributed by atoms with E-state index in [2.05, 4.69) is 4.98 Å². The van der Waals surface area contributed by atoms with Crippen LogP contribution in [0.25, 0.3) is 11.1 Å². The fourth-order valence-electron chi connectivity index (χ4n) is 3.95. The van der Waals surface area contributed by atoms with Gasteiger partial charge >= 0.3 is 5.97 Å². The molecule has 0 fully saturated rings. The standard InChI is InChI=1S/C28H32N2O6/c1-20(2)30(27(33)22-15-13-21(14-16-22)23-9-8-17-29-19-23)28(34,35)24-10-5-6-11-25(24)36-18-7-3-4-12-26(31)32/h5-6,8-11,13-17,19-20,34-35H,3-4,7,12,18H2,1-2H3,(H,31,32). The molecule has 1 aromatic heterocycles. The molecule has 0 saturated heterocycles. The van der Waals surface area contributed by atoms with Crippen LogP contribution in [-0.2, 0) is 10.7 Å². The van der Waals surface area contributed by atoms with Crippen molar-refractivity contribution in [3.8, 4) is 16.9 Å². The number of hydrogen-bond donors (Lipinski definition) is 3. The predicted molar refractivity (Wildman–Crippen MR) is 135 cm³/mol. The van der Waals surface area contributed by atoms with Crippen molar-refractivity contribution in [3.05, 3.63) is 84.2 Å². The maximum Gasteiger partial charge on any atom is 0.303 e. The lowest BCUT2D eigenvalue weighted by Gasteiger charge is -2.39. The second-order valence-electron chi connectivity index (χ2n) is 8.77. The molecule has 1 amide bonds. The highest BCUT2D eigenvalue weighted by Crippen LogP contribution is 2.34. The molecule has 2 aromatic carbocycles. The molecule has 0 unspecified atom stereocenters. The van der Waals surface area contributed by atoms with E-state index >= 15 is 0 Å². The Bertz CT molecular complexity index is 1150. The fourth-order valence-corrected chi connectivity index (χ4v) is 3.95. The molecular weight excluding hydrogens is 460 g/mol. The molecule has 3 rings (SSSR count). The summed E-state index contributed by atoms with van der Waals surface area (Å²) in [5.74, 6) is -3.77. The Hall–Kier alpha value is -3.75. The summed E-state index contributed by atoms with van der Waals surface area (Å²) in [6, 6.07) is 16.5. The number of pyridine rings is 1. The third-order valence-corrected chi connectivity index (χ3v) is 5.74. The molecule has 0 radical (unpaired) electrons. The van der Waals surface area contributed by atoms with Crippen molar-refractivity contribution < 1.29 is 29.6 Å². The minimum Gasteiger partial charge on any atom is -0.493 e. The normalized spacial score (nSPS) is 11.4. The molecule has 8 heteroatoms. The van der Waals surface area contributed by atoms with Crippen LogP contribution in [0.5, 0.6) is 5.75 Å². The van der Waals surface area contributed by atoms with Gasteiger partial charge in [0.25, 0.3) is 11.8 Å². The van der Waals surface area contributed by atoms with Gasteiger partial charge in [-0.25, -0.2) is 0 Å². The lowest BCUT2D eigenvalue weighted by atomic mass is 10.0. The molecule has 1 heterocycles. The number of aromatic nitrogens is 1. The molecule has 3 aromatic rings. The topological polar surface area (TPSA) is 120 Å². The molecule has 0 aliphatic carbocycles. The number of rotatable bonds is 12. The number of carbonyl (C=O) groups excluding carboxylic acids is 1. The summed E-state index contributed by atoms with van der Waals surface area (Å²) in [7, 11) is 0. The predicted octanol–water partition coefficient (Wildman–Crippen LogP) is 4.42. The van der Waals surface area contributed by atoms with E-state index in [9.17, 15) is 19.8 Å². The molecule has 190 valence electrons. The van der Waals surface area contributed by atoms with E-state index in [4.69, 9.17) is 9.84 Å². The van der Waals surface area contributed by atoms with Gasteiger partial charge in [-0.15, -0.1) is 0 Å². The van der Waals surface area contributed by atoms with Crippen molar-refractivity contribution in [2.24, 2.45) is 0 Å². The van der Waals surface area contributed by atoms with Gasteiger partial charge in [-0.1, -0.05) is 30.3 Å². The smallest absolute Gasteiger partial charge is 0.303 e. The first-order valence-corrected chi connectivity index (χ1v) is 11.9. The minimum atomic E-state index is -2.63. The molecule has 0 bridgehead atoms. The van der Waals surface area contributed by atoms with Crippen LogP contribution < -0.4 is 4.74 Å². The Morgan fingerprint density at radius 2 is 1.67 bits per heavy atom. The SMILES string of the molecule is CC(C)N(C(=O)c1ccc(-c2cccnc2)cc1)C(O)(O)c1ccccc1OCCCCCC(=O)O. The number of ether oxygens (including phenoxy) is 1. The first-order valence-electron chi connectivity index (χ1n) is 11.9. The van der Waals surface area contributed by atoms with Crippen LogP contribution in [0, 0.1) is 0 Å². The van der Waals surface area contributed by atoms with Gasteiger partial charge in [0.15, 0.2) is 0 Å². The average Bonchev–Trinajstić information content (AvgIpc) is 2.86. The monoisotopic (exact) mass is 492 g/mol. The lowest BCUT2D eigenvalue weighted by molar-refractivity contribution is -0.264. The molecule has 0 aliphatic rings. The van der Waals surface area contributed by atoms with Crippen LogP contribution in [0.4, 0.5) is 0 Å². The quantitative estimate of drug-likeness (QED) is 0.253. The zero-order valence-electron chi connectivity index (χ0n) is 20.5. The van der Waals surface area contributed by atoms with Gasteiger partial charge in [0.2, 0.25) is 0 Å². The number of aliphatic hydroxyl groups is 2. The van der Waals surface area contributed by atoms with Crippen LogP contribution in [0.3, 0.4) is 0 Å². The lowest BCUT2D eigenvalue weighted by Crippen LogP contribution is -2.53. The van der Waals surface area contributed by atoms with E-state index in [1.807, 2.05) is 12.1 Å². The van der Waals surface area contributed by atoms with E-state index < -0.39 is 23.8 Å². The van der Waals surface area contributed by atoms with Crippen molar-refractivity contribution >= 4 is 11.9 Å². The third kappa shape index (κ3) is 6.68. The van der Waals surface area contributed by atoms with Gasteiger partial charge in [0, 0.05) is 30.4 Å². The second kappa shape index (κ2) is 12.3. The molecule has 0 atom stereocenters. The van der Waals surface area contributed by atoms with E-state index in [1.54, 1.807) is 68.7 Å². The Kier molecular flexibility index (Phi) is 9.16. The molecule has 0 saturated carbocycles. The highest BCUT2D eigenvalue weighted by Gasteiger charge is 2.42. The molecular formula is C28H32N2O6. The van der Waals surface area contributed by atoms with Crippen molar-refractivity contribution in [1.29, 1.82) is 0 Å². The summed E-state index contributed by atoms with van der Waals surface area (Å²) in [6.07, 6.45) is 5.34. The van der Waals surface area contributed by atoms with Crippen LogP contribution in [0.15, 0.2) is 73.1 Å². The maximum absolute atomic E-state index is 13.5.